The molecule has 0 amide bonds. The molecule has 1 atom stereocenters. The fraction of sp³-hybridized carbons (Fsp3) is 0.407. The standard InChI is InChI=1S/C27H34N6O2/c1-19-7-10-23(16-22(19)17-31-14-4-6-24(18-31)32-15-5-13-28-32)33-27-20(2)21(9-12-26(34)35)8-11-25(27)30(3)29-33/h5,7-8,10-11,13,15-16,24,29H,4,6,9,12,14,17-18H2,1-3H3,(H,34,35). The van der Waals surface area contributed by atoms with E-state index in [2.05, 4.69) is 69.5 Å². The molecule has 1 saturated heterocycles. The lowest BCUT2D eigenvalue weighted by molar-refractivity contribution is -0.136. The molecule has 2 aliphatic rings. The first-order valence-electron chi connectivity index (χ1n) is 12.4. The Bertz CT molecular complexity index is 1210. The van der Waals surface area contributed by atoms with E-state index in [0.717, 1.165) is 47.8 Å². The van der Waals surface area contributed by atoms with Crippen LogP contribution in [0.3, 0.4) is 0 Å². The predicted molar refractivity (Wildman–Crippen MR) is 138 cm³/mol. The van der Waals surface area contributed by atoms with Gasteiger partial charge in [-0.1, -0.05) is 12.1 Å². The summed E-state index contributed by atoms with van der Waals surface area (Å²) in [5.74, 6) is -0.771. The zero-order chi connectivity index (χ0) is 24.5. The number of piperidine rings is 1. The Morgan fingerprint density at radius 2 is 2.06 bits per heavy atom. The van der Waals surface area contributed by atoms with Crippen molar-refractivity contribution in [2.45, 2.75) is 52.1 Å². The summed E-state index contributed by atoms with van der Waals surface area (Å²) in [4.78, 5) is 13.7. The van der Waals surface area contributed by atoms with Crippen LogP contribution in [0, 0.1) is 13.8 Å². The average Bonchev–Trinajstić information content (AvgIpc) is 3.49. The molecule has 3 aromatic rings. The molecule has 2 aromatic carbocycles. The van der Waals surface area contributed by atoms with E-state index < -0.39 is 5.97 Å². The lowest BCUT2D eigenvalue weighted by Crippen LogP contribution is -2.39. The number of benzene rings is 2. The molecule has 0 bridgehead atoms. The maximum Gasteiger partial charge on any atom is 0.303 e. The number of aromatic nitrogens is 2. The highest BCUT2D eigenvalue weighted by atomic mass is 16.4. The molecule has 2 aliphatic heterocycles. The predicted octanol–water partition coefficient (Wildman–Crippen LogP) is 4.36. The average molecular weight is 475 g/mol. The van der Waals surface area contributed by atoms with Gasteiger partial charge >= 0.3 is 5.97 Å². The van der Waals surface area contributed by atoms with E-state index in [1.165, 1.54) is 24.0 Å². The minimum atomic E-state index is -0.771. The van der Waals surface area contributed by atoms with Crippen molar-refractivity contribution in [1.29, 1.82) is 0 Å². The van der Waals surface area contributed by atoms with Crippen molar-refractivity contribution >= 4 is 23.0 Å². The molecule has 0 saturated carbocycles. The van der Waals surface area contributed by atoms with Gasteiger partial charge in [0.05, 0.1) is 23.1 Å². The number of carbonyl (C=O) groups is 1. The normalized spacial score (nSPS) is 18.2. The van der Waals surface area contributed by atoms with Crippen molar-refractivity contribution in [3.8, 4) is 0 Å². The van der Waals surface area contributed by atoms with Crippen molar-refractivity contribution in [2.24, 2.45) is 0 Å². The molecule has 35 heavy (non-hydrogen) atoms. The Labute approximate surface area is 206 Å². The number of aliphatic carboxylic acids is 1. The molecule has 184 valence electrons. The van der Waals surface area contributed by atoms with Crippen LogP contribution >= 0.6 is 0 Å². The Kier molecular flexibility index (Phi) is 6.49. The van der Waals surface area contributed by atoms with Gasteiger partial charge in [0.15, 0.2) is 0 Å². The van der Waals surface area contributed by atoms with Crippen molar-refractivity contribution in [3.05, 3.63) is 71.0 Å². The summed E-state index contributed by atoms with van der Waals surface area (Å²) in [5, 5.41) is 17.8. The van der Waals surface area contributed by atoms with E-state index in [0.29, 0.717) is 12.5 Å². The molecule has 0 radical (unpaired) electrons. The number of aryl methyl sites for hydroxylation is 2. The summed E-state index contributed by atoms with van der Waals surface area (Å²) >= 11 is 0. The number of anilines is 3. The molecule has 1 fully saturated rings. The number of nitrogens with one attached hydrogen (secondary N) is 1. The van der Waals surface area contributed by atoms with Crippen LogP contribution in [0.15, 0.2) is 48.8 Å². The number of hydrogen-bond acceptors (Lipinski definition) is 6. The smallest absolute Gasteiger partial charge is 0.303 e. The molecule has 0 spiro atoms. The summed E-state index contributed by atoms with van der Waals surface area (Å²) in [6, 6.07) is 13.2. The van der Waals surface area contributed by atoms with Gasteiger partial charge in [0.2, 0.25) is 0 Å². The van der Waals surface area contributed by atoms with Gasteiger partial charge in [0, 0.05) is 39.0 Å². The molecular formula is C27H34N6O2. The number of hydrogen-bond donors (Lipinski definition) is 2. The topological polar surface area (TPSA) is 76.9 Å². The van der Waals surface area contributed by atoms with Gasteiger partial charge < -0.3 is 5.11 Å². The van der Waals surface area contributed by atoms with E-state index in [1.807, 2.05) is 30.4 Å². The number of rotatable bonds is 7. The van der Waals surface area contributed by atoms with Crippen LogP contribution in [-0.2, 0) is 17.8 Å². The summed E-state index contributed by atoms with van der Waals surface area (Å²) in [6.07, 6.45) is 6.93. The van der Waals surface area contributed by atoms with E-state index in [1.54, 1.807) is 0 Å². The second kappa shape index (κ2) is 9.71. The quantitative estimate of drug-likeness (QED) is 0.527. The highest BCUT2D eigenvalue weighted by Gasteiger charge is 2.28. The lowest BCUT2D eigenvalue weighted by Gasteiger charge is -2.33. The van der Waals surface area contributed by atoms with Crippen LogP contribution in [0.4, 0.5) is 17.1 Å². The molecule has 2 N–H and O–H groups in total. The van der Waals surface area contributed by atoms with Crippen molar-refractivity contribution in [2.75, 3.05) is 30.2 Å². The maximum absolute atomic E-state index is 11.1. The van der Waals surface area contributed by atoms with Crippen molar-refractivity contribution in [1.82, 2.24) is 20.2 Å². The van der Waals surface area contributed by atoms with Crippen LogP contribution in [0.2, 0.25) is 0 Å². The number of hydrazine groups is 2. The zero-order valence-corrected chi connectivity index (χ0v) is 20.7. The van der Waals surface area contributed by atoms with Crippen molar-refractivity contribution in [3.63, 3.8) is 0 Å². The minimum absolute atomic E-state index is 0.132. The Hall–Kier alpha value is -3.36. The largest absolute Gasteiger partial charge is 0.481 e. The Balaban J connectivity index is 1.39. The van der Waals surface area contributed by atoms with Gasteiger partial charge in [0.1, 0.15) is 0 Å². The van der Waals surface area contributed by atoms with Crippen molar-refractivity contribution < 1.29 is 9.90 Å². The van der Waals surface area contributed by atoms with E-state index >= 15 is 0 Å². The van der Waals surface area contributed by atoms with Crippen LogP contribution in [-0.4, -0.2) is 45.9 Å². The number of carboxylic acid groups (broad SMARTS) is 1. The summed E-state index contributed by atoms with van der Waals surface area (Å²) in [6.45, 7) is 7.28. The molecule has 8 nitrogen and oxygen atoms in total. The Morgan fingerprint density at radius 3 is 2.83 bits per heavy atom. The lowest BCUT2D eigenvalue weighted by atomic mass is 10.00. The third-order valence-electron chi connectivity index (χ3n) is 7.33. The maximum atomic E-state index is 11.1. The van der Waals surface area contributed by atoms with Gasteiger partial charge in [-0.05, 0) is 86.2 Å². The molecule has 3 heterocycles. The van der Waals surface area contributed by atoms with Crippen LogP contribution in [0.5, 0.6) is 0 Å². The summed E-state index contributed by atoms with van der Waals surface area (Å²) < 4.78 is 2.10. The van der Waals surface area contributed by atoms with E-state index in [-0.39, 0.29) is 6.42 Å². The fourth-order valence-corrected chi connectivity index (χ4v) is 5.33. The number of carboxylic acids is 1. The van der Waals surface area contributed by atoms with Gasteiger partial charge in [-0.2, -0.15) is 5.10 Å². The number of likely N-dealkylation sites (tertiary alicyclic amines) is 1. The summed E-state index contributed by atoms with van der Waals surface area (Å²) in [7, 11) is 2.01. The molecule has 5 rings (SSSR count). The Morgan fingerprint density at radius 1 is 1.20 bits per heavy atom. The highest BCUT2D eigenvalue weighted by Crippen LogP contribution is 2.42. The molecule has 0 aliphatic carbocycles. The van der Waals surface area contributed by atoms with Crippen LogP contribution in [0.25, 0.3) is 0 Å². The van der Waals surface area contributed by atoms with E-state index in [9.17, 15) is 4.79 Å². The second-order valence-electron chi connectivity index (χ2n) is 9.73. The van der Waals surface area contributed by atoms with Gasteiger partial charge in [-0.25, -0.2) is 0 Å². The van der Waals surface area contributed by atoms with Crippen LogP contribution < -0.4 is 15.6 Å². The second-order valence-corrected chi connectivity index (χ2v) is 9.73. The third-order valence-corrected chi connectivity index (χ3v) is 7.33. The highest BCUT2D eigenvalue weighted by molar-refractivity contribution is 5.84. The summed E-state index contributed by atoms with van der Waals surface area (Å²) in [5.41, 5.74) is 11.5. The SMILES string of the molecule is Cc1ccc(N2NN(C)c3ccc(CCC(=O)O)c(C)c32)cc1CN1CCCC(n2cccn2)C1. The molecule has 1 unspecified atom stereocenters. The van der Waals surface area contributed by atoms with Gasteiger partial charge in [-0.3, -0.25) is 24.4 Å². The van der Waals surface area contributed by atoms with Gasteiger partial charge in [0.25, 0.3) is 0 Å². The first-order valence-corrected chi connectivity index (χ1v) is 12.4. The fourth-order valence-electron chi connectivity index (χ4n) is 5.33. The molecule has 1 aromatic heterocycles. The van der Waals surface area contributed by atoms with Gasteiger partial charge in [-0.15, -0.1) is 5.53 Å². The van der Waals surface area contributed by atoms with E-state index in [4.69, 9.17) is 5.11 Å². The van der Waals surface area contributed by atoms with Crippen LogP contribution in [0.1, 0.15) is 47.6 Å². The molecular weight excluding hydrogens is 440 g/mol. The first kappa shape index (κ1) is 23.4. The number of fused-ring (bicyclic) bond motifs is 1. The third kappa shape index (κ3) is 4.76. The minimum Gasteiger partial charge on any atom is -0.481 e. The number of nitrogens with zero attached hydrogens (tertiary/aromatic N) is 5. The zero-order valence-electron chi connectivity index (χ0n) is 20.7. The molecule has 8 heteroatoms. The monoisotopic (exact) mass is 474 g/mol. The first-order chi connectivity index (χ1) is 16.9.